The number of fused-ring (bicyclic) bond motifs is 1. The van der Waals surface area contributed by atoms with Gasteiger partial charge in [-0.1, -0.05) is 48.5 Å². The van der Waals surface area contributed by atoms with E-state index in [4.69, 9.17) is 5.73 Å². The first-order valence-electron chi connectivity index (χ1n) is 7.74. The van der Waals surface area contributed by atoms with Crippen molar-refractivity contribution < 1.29 is 13.6 Å². The van der Waals surface area contributed by atoms with Crippen molar-refractivity contribution in [2.45, 2.75) is 12.3 Å². The summed E-state index contributed by atoms with van der Waals surface area (Å²) in [5, 5.41) is 2.13. The largest absolute Gasteiger partial charge is 0.329 e. The van der Waals surface area contributed by atoms with Crippen LogP contribution in [0.5, 0.6) is 0 Å². The fourth-order valence-electron chi connectivity index (χ4n) is 2.89. The molecule has 0 saturated heterocycles. The molecule has 4 heteroatoms. The number of benzene rings is 3. The number of hydrogen-bond acceptors (Lipinski definition) is 2. The molecule has 0 saturated carbocycles. The van der Waals surface area contributed by atoms with Crippen molar-refractivity contribution in [3.05, 3.63) is 83.4 Å². The predicted octanol–water partition coefficient (Wildman–Crippen LogP) is 3.97. The third-order valence-electron chi connectivity index (χ3n) is 4.15. The Kier molecular flexibility index (Phi) is 4.67. The van der Waals surface area contributed by atoms with Gasteiger partial charge in [0, 0.05) is 19.0 Å². The molecule has 24 heavy (non-hydrogen) atoms. The highest BCUT2D eigenvalue weighted by molar-refractivity contribution is 5.90. The lowest BCUT2D eigenvalue weighted by molar-refractivity contribution is -0.119. The molecule has 1 unspecified atom stereocenters. The molecule has 2 N–H and O–H groups in total. The number of ketones is 1. The first-order valence-corrected chi connectivity index (χ1v) is 7.74. The Labute approximate surface area is 138 Å². The summed E-state index contributed by atoms with van der Waals surface area (Å²) in [6, 6.07) is 16.9. The second kappa shape index (κ2) is 6.89. The van der Waals surface area contributed by atoms with Crippen LogP contribution >= 0.6 is 0 Å². The highest BCUT2D eigenvalue weighted by atomic mass is 19.1. The summed E-state index contributed by atoms with van der Waals surface area (Å²) >= 11 is 0. The van der Waals surface area contributed by atoms with Gasteiger partial charge in [0.25, 0.3) is 0 Å². The van der Waals surface area contributed by atoms with Crippen molar-refractivity contribution in [2.24, 2.45) is 5.73 Å². The molecule has 0 aliphatic carbocycles. The van der Waals surface area contributed by atoms with Gasteiger partial charge in [-0.05, 0) is 28.0 Å². The van der Waals surface area contributed by atoms with Gasteiger partial charge in [0.1, 0.15) is 17.4 Å². The second-order valence-electron chi connectivity index (χ2n) is 5.78. The molecule has 0 amide bonds. The molecule has 0 spiro atoms. The maximum Gasteiger partial charge on any atom is 0.146 e. The molecule has 0 bridgehead atoms. The monoisotopic (exact) mass is 325 g/mol. The van der Waals surface area contributed by atoms with Crippen LogP contribution < -0.4 is 5.73 Å². The molecule has 2 nitrogen and oxygen atoms in total. The van der Waals surface area contributed by atoms with Gasteiger partial charge in [-0.3, -0.25) is 4.79 Å². The molecule has 3 aromatic rings. The maximum atomic E-state index is 13.9. The van der Waals surface area contributed by atoms with Gasteiger partial charge >= 0.3 is 0 Å². The zero-order valence-corrected chi connectivity index (χ0v) is 13.0. The predicted molar refractivity (Wildman–Crippen MR) is 90.8 cm³/mol. The van der Waals surface area contributed by atoms with Gasteiger partial charge in [-0.25, -0.2) is 8.78 Å². The standard InChI is InChI=1S/C20H17F2NO/c21-16-7-8-17(19(22)11-16)18(12-23)20(24)10-13-5-6-14-3-1-2-4-15(14)9-13/h1-9,11,18H,10,12,23H2. The lowest BCUT2D eigenvalue weighted by Crippen LogP contribution is -2.24. The van der Waals surface area contributed by atoms with Crippen LogP contribution in [0.4, 0.5) is 8.78 Å². The number of rotatable bonds is 5. The van der Waals surface area contributed by atoms with Crippen molar-refractivity contribution in [2.75, 3.05) is 6.54 Å². The van der Waals surface area contributed by atoms with E-state index in [1.54, 1.807) is 0 Å². The van der Waals surface area contributed by atoms with Crippen LogP contribution in [0.3, 0.4) is 0 Å². The maximum absolute atomic E-state index is 13.9. The number of halogens is 2. The van der Waals surface area contributed by atoms with E-state index in [0.29, 0.717) is 0 Å². The van der Waals surface area contributed by atoms with Gasteiger partial charge in [0.2, 0.25) is 0 Å². The Bertz CT molecular complexity index is 892. The lowest BCUT2D eigenvalue weighted by atomic mass is 9.90. The van der Waals surface area contributed by atoms with Crippen LogP contribution in [0.15, 0.2) is 60.7 Å². The molecule has 1 atom stereocenters. The van der Waals surface area contributed by atoms with Crippen molar-refractivity contribution in [1.29, 1.82) is 0 Å². The van der Waals surface area contributed by atoms with Crippen LogP contribution in [0, 0.1) is 11.6 Å². The third kappa shape index (κ3) is 3.34. The molecule has 3 aromatic carbocycles. The first kappa shape index (κ1) is 16.3. The van der Waals surface area contributed by atoms with E-state index in [9.17, 15) is 13.6 Å². The van der Waals surface area contributed by atoms with Crippen molar-refractivity contribution in [3.8, 4) is 0 Å². The Morgan fingerprint density at radius 1 is 0.958 bits per heavy atom. The van der Waals surface area contributed by atoms with E-state index in [2.05, 4.69) is 0 Å². The van der Waals surface area contributed by atoms with Crippen LogP contribution in [0.1, 0.15) is 17.0 Å². The van der Waals surface area contributed by atoms with E-state index in [1.807, 2.05) is 42.5 Å². The molecule has 0 aromatic heterocycles. The summed E-state index contributed by atoms with van der Waals surface area (Å²) in [6.07, 6.45) is 0.156. The molecule has 0 radical (unpaired) electrons. The Balaban J connectivity index is 1.85. The van der Waals surface area contributed by atoms with Crippen LogP contribution in [-0.4, -0.2) is 12.3 Å². The molecule has 3 rings (SSSR count). The number of carbonyl (C=O) groups excluding carboxylic acids is 1. The Morgan fingerprint density at radius 2 is 1.71 bits per heavy atom. The minimum absolute atomic E-state index is 0.0189. The normalized spacial score (nSPS) is 12.3. The highest BCUT2D eigenvalue weighted by Gasteiger charge is 2.22. The second-order valence-corrected chi connectivity index (χ2v) is 5.78. The first-order chi connectivity index (χ1) is 11.6. The summed E-state index contributed by atoms with van der Waals surface area (Å²) in [7, 11) is 0. The van der Waals surface area contributed by atoms with Gasteiger partial charge < -0.3 is 5.73 Å². The topological polar surface area (TPSA) is 43.1 Å². The number of hydrogen-bond donors (Lipinski definition) is 1. The summed E-state index contributed by atoms with van der Waals surface area (Å²) < 4.78 is 27.0. The Hall–Kier alpha value is -2.59. The number of Topliss-reactive ketones (excluding diaryl/α,β-unsaturated/α-hetero) is 1. The zero-order chi connectivity index (χ0) is 17.1. The van der Waals surface area contributed by atoms with Gasteiger partial charge in [0.15, 0.2) is 0 Å². The van der Waals surface area contributed by atoms with E-state index >= 15 is 0 Å². The van der Waals surface area contributed by atoms with Crippen LogP contribution in [0.2, 0.25) is 0 Å². The lowest BCUT2D eigenvalue weighted by Gasteiger charge is -2.15. The molecule has 0 aliphatic rings. The molecule has 122 valence electrons. The molecule has 0 aliphatic heterocycles. The Morgan fingerprint density at radius 3 is 2.42 bits per heavy atom. The zero-order valence-electron chi connectivity index (χ0n) is 13.0. The quantitative estimate of drug-likeness (QED) is 0.771. The van der Waals surface area contributed by atoms with Crippen LogP contribution in [0.25, 0.3) is 10.8 Å². The number of nitrogens with two attached hydrogens (primary N) is 1. The molecular formula is C20H17F2NO. The van der Waals surface area contributed by atoms with Crippen molar-refractivity contribution in [1.82, 2.24) is 0 Å². The minimum Gasteiger partial charge on any atom is -0.329 e. The van der Waals surface area contributed by atoms with Crippen molar-refractivity contribution >= 4 is 16.6 Å². The van der Waals surface area contributed by atoms with E-state index in [0.717, 1.165) is 28.5 Å². The summed E-state index contributed by atoms with van der Waals surface area (Å²) in [5.41, 5.74) is 6.67. The van der Waals surface area contributed by atoms with Gasteiger partial charge in [-0.2, -0.15) is 0 Å². The summed E-state index contributed by atoms with van der Waals surface area (Å²) in [5.74, 6) is -2.37. The van der Waals surface area contributed by atoms with E-state index in [-0.39, 0.29) is 24.3 Å². The van der Waals surface area contributed by atoms with Gasteiger partial charge in [0.05, 0.1) is 5.92 Å². The third-order valence-corrected chi connectivity index (χ3v) is 4.15. The SMILES string of the molecule is NCC(C(=O)Cc1ccc2ccccc2c1)c1ccc(F)cc1F. The summed E-state index contributed by atoms with van der Waals surface area (Å²) in [4.78, 5) is 12.6. The molecular weight excluding hydrogens is 308 g/mol. The fraction of sp³-hybridized carbons (Fsp3) is 0.150. The minimum atomic E-state index is -0.780. The van der Waals surface area contributed by atoms with E-state index in [1.165, 1.54) is 6.07 Å². The average molecular weight is 325 g/mol. The van der Waals surface area contributed by atoms with E-state index < -0.39 is 17.6 Å². The van der Waals surface area contributed by atoms with Gasteiger partial charge in [-0.15, -0.1) is 0 Å². The molecule has 0 fully saturated rings. The smallest absolute Gasteiger partial charge is 0.146 e. The average Bonchev–Trinajstić information content (AvgIpc) is 2.57. The van der Waals surface area contributed by atoms with Crippen LogP contribution in [-0.2, 0) is 11.2 Å². The highest BCUT2D eigenvalue weighted by Crippen LogP contribution is 2.23. The summed E-state index contributed by atoms with van der Waals surface area (Å²) in [6.45, 7) is -0.0189. The molecule has 0 heterocycles. The number of carbonyl (C=O) groups is 1. The fourth-order valence-corrected chi connectivity index (χ4v) is 2.89. The van der Waals surface area contributed by atoms with Crippen molar-refractivity contribution in [3.63, 3.8) is 0 Å².